The highest BCUT2D eigenvalue weighted by Crippen LogP contribution is 2.36. The van der Waals surface area contributed by atoms with Crippen molar-refractivity contribution in [2.45, 2.75) is 6.18 Å². The van der Waals surface area contributed by atoms with Gasteiger partial charge in [-0.3, -0.25) is 4.98 Å². The van der Waals surface area contributed by atoms with Crippen LogP contribution in [0, 0.1) is 0 Å². The molecule has 0 saturated heterocycles. The molecule has 0 fully saturated rings. The Hall–Kier alpha value is -1.46. The molecule has 0 aliphatic carbocycles. The van der Waals surface area contributed by atoms with Gasteiger partial charge >= 0.3 is 6.18 Å². The Balaban J connectivity index is 3.31. The number of nitrogen functional groups attached to an aromatic ring is 2. The molecular formula is C6H6F3N3. The minimum Gasteiger partial charge on any atom is -0.397 e. The number of nitrogens with two attached hydrogens (primary N) is 2. The summed E-state index contributed by atoms with van der Waals surface area (Å²) in [5.41, 5.74) is 8.16. The molecule has 0 spiro atoms. The number of alkyl halides is 3. The summed E-state index contributed by atoms with van der Waals surface area (Å²) in [6, 6.07) is 0. The van der Waals surface area contributed by atoms with Gasteiger partial charge in [-0.05, 0) is 0 Å². The monoisotopic (exact) mass is 177 g/mol. The van der Waals surface area contributed by atoms with Crippen molar-refractivity contribution in [3.63, 3.8) is 0 Å². The molecule has 0 saturated carbocycles. The molecule has 6 heteroatoms. The van der Waals surface area contributed by atoms with Crippen molar-refractivity contribution in [3.05, 3.63) is 18.0 Å². The summed E-state index contributed by atoms with van der Waals surface area (Å²) in [5, 5.41) is 0. The van der Waals surface area contributed by atoms with Crippen LogP contribution in [0.4, 0.5) is 24.5 Å². The molecule has 0 aliphatic rings. The summed E-state index contributed by atoms with van der Waals surface area (Å²) in [7, 11) is 0. The second kappa shape index (κ2) is 2.54. The van der Waals surface area contributed by atoms with Crippen LogP contribution < -0.4 is 11.5 Å². The first-order chi connectivity index (χ1) is 5.43. The molecular weight excluding hydrogens is 171 g/mol. The fraction of sp³-hybridized carbons (Fsp3) is 0.167. The van der Waals surface area contributed by atoms with Gasteiger partial charge in [-0.15, -0.1) is 0 Å². The van der Waals surface area contributed by atoms with Crippen molar-refractivity contribution < 1.29 is 13.2 Å². The number of pyridine rings is 1. The van der Waals surface area contributed by atoms with E-state index in [2.05, 4.69) is 4.98 Å². The van der Waals surface area contributed by atoms with Crippen LogP contribution in [0.25, 0.3) is 0 Å². The lowest BCUT2D eigenvalue weighted by Gasteiger charge is -2.10. The van der Waals surface area contributed by atoms with Gasteiger partial charge in [-0.2, -0.15) is 13.2 Å². The van der Waals surface area contributed by atoms with Crippen LogP contribution in [0.3, 0.4) is 0 Å². The van der Waals surface area contributed by atoms with E-state index < -0.39 is 23.1 Å². The number of hydrogen-bond donors (Lipinski definition) is 2. The highest BCUT2D eigenvalue weighted by atomic mass is 19.4. The number of anilines is 2. The maximum atomic E-state index is 12.1. The first kappa shape index (κ1) is 8.63. The summed E-state index contributed by atoms with van der Waals surface area (Å²) in [6.45, 7) is 0. The second-order valence-corrected chi connectivity index (χ2v) is 2.19. The Labute approximate surface area is 66.2 Å². The molecule has 66 valence electrons. The molecule has 0 radical (unpaired) electrons. The van der Waals surface area contributed by atoms with Crippen LogP contribution in [-0.4, -0.2) is 4.98 Å². The Morgan fingerprint density at radius 2 is 1.50 bits per heavy atom. The molecule has 1 aromatic rings. The van der Waals surface area contributed by atoms with E-state index in [1.165, 1.54) is 0 Å². The third-order valence-corrected chi connectivity index (χ3v) is 1.29. The van der Waals surface area contributed by atoms with Gasteiger partial charge in [0, 0.05) is 0 Å². The lowest BCUT2D eigenvalue weighted by Crippen LogP contribution is -2.12. The predicted molar refractivity (Wildman–Crippen MR) is 38.1 cm³/mol. The van der Waals surface area contributed by atoms with Crippen molar-refractivity contribution in [2.24, 2.45) is 0 Å². The summed E-state index contributed by atoms with van der Waals surface area (Å²) < 4.78 is 36.4. The first-order valence-corrected chi connectivity index (χ1v) is 2.99. The zero-order valence-electron chi connectivity index (χ0n) is 5.89. The van der Waals surface area contributed by atoms with E-state index in [1.807, 2.05) is 0 Å². The molecule has 1 aromatic heterocycles. The van der Waals surface area contributed by atoms with Gasteiger partial charge in [-0.25, -0.2) is 0 Å². The summed E-state index contributed by atoms with van der Waals surface area (Å²) in [4.78, 5) is 3.41. The van der Waals surface area contributed by atoms with Gasteiger partial charge in [-0.1, -0.05) is 0 Å². The van der Waals surface area contributed by atoms with Crippen LogP contribution in [0.1, 0.15) is 5.56 Å². The van der Waals surface area contributed by atoms with E-state index in [4.69, 9.17) is 11.5 Å². The molecule has 0 aliphatic heterocycles. The van der Waals surface area contributed by atoms with E-state index in [-0.39, 0.29) is 0 Å². The third kappa shape index (κ3) is 1.41. The summed E-state index contributed by atoms with van der Waals surface area (Å²) in [6.07, 6.45) is -2.69. The SMILES string of the molecule is Nc1cncc(N)c1C(F)(F)F. The van der Waals surface area contributed by atoms with Crippen LogP contribution in [-0.2, 0) is 6.18 Å². The normalized spacial score (nSPS) is 11.6. The van der Waals surface area contributed by atoms with Crippen molar-refractivity contribution in [1.82, 2.24) is 4.98 Å². The maximum absolute atomic E-state index is 12.1. The average molecular weight is 177 g/mol. The first-order valence-electron chi connectivity index (χ1n) is 2.99. The molecule has 4 N–H and O–H groups in total. The highest BCUT2D eigenvalue weighted by Gasteiger charge is 2.35. The Bertz CT molecular complexity index is 274. The number of nitrogens with zero attached hydrogens (tertiary/aromatic N) is 1. The zero-order valence-corrected chi connectivity index (χ0v) is 5.89. The molecule has 0 amide bonds. The van der Waals surface area contributed by atoms with Gasteiger partial charge in [0.25, 0.3) is 0 Å². The molecule has 0 aromatic carbocycles. The van der Waals surface area contributed by atoms with Gasteiger partial charge in [0.05, 0.1) is 23.8 Å². The smallest absolute Gasteiger partial charge is 0.397 e. The van der Waals surface area contributed by atoms with Crippen LogP contribution in [0.5, 0.6) is 0 Å². The zero-order chi connectivity index (χ0) is 9.35. The summed E-state index contributed by atoms with van der Waals surface area (Å²) in [5.74, 6) is 0. The Morgan fingerprint density at radius 1 is 1.08 bits per heavy atom. The van der Waals surface area contributed by atoms with E-state index in [1.54, 1.807) is 0 Å². The van der Waals surface area contributed by atoms with Gasteiger partial charge in [0.2, 0.25) is 0 Å². The third-order valence-electron chi connectivity index (χ3n) is 1.29. The van der Waals surface area contributed by atoms with Crippen molar-refractivity contribution >= 4 is 11.4 Å². The molecule has 3 nitrogen and oxygen atoms in total. The fourth-order valence-electron chi connectivity index (χ4n) is 0.821. The summed E-state index contributed by atoms with van der Waals surface area (Å²) >= 11 is 0. The quantitative estimate of drug-likeness (QED) is 0.627. The minimum absolute atomic E-state index is 0.456. The molecule has 0 unspecified atom stereocenters. The molecule has 12 heavy (non-hydrogen) atoms. The predicted octanol–water partition coefficient (Wildman–Crippen LogP) is 1.26. The lowest BCUT2D eigenvalue weighted by atomic mass is 10.2. The minimum atomic E-state index is -4.52. The highest BCUT2D eigenvalue weighted by molar-refractivity contribution is 5.60. The van der Waals surface area contributed by atoms with Crippen molar-refractivity contribution in [3.8, 4) is 0 Å². The van der Waals surface area contributed by atoms with Crippen molar-refractivity contribution in [1.29, 1.82) is 0 Å². The van der Waals surface area contributed by atoms with Crippen LogP contribution in [0.15, 0.2) is 12.4 Å². The van der Waals surface area contributed by atoms with Crippen molar-refractivity contribution in [2.75, 3.05) is 11.5 Å². The van der Waals surface area contributed by atoms with Gasteiger partial charge in [0.1, 0.15) is 5.56 Å². The van der Waals surface area contributed by atoms with Gasteiger partial charge < -0.3 is 11.5 Å². The lowest BCUT2D eigenvalue weighted by molar-refractivity contribution is -0.136. The molecule has 0 atom stereocenters. The topological polar surface area (TPSA) is 64.9 Å². The Morgan fingerprint density at radius 3 is 1.75 bits per heavy atom. The van der Waals surface area contributed by atoms with E-state index in [9.17, 15) is 13.2 Å². The van der Waals surface area contributed by atoms with Crippen LogP contribution in [0.2, 0.25) is 0 Å². The van der Waals surface area contributed by atoms with Crippen LogP contribution >= 0.6 is 0 Å². The Kier molecular flexibility index (Phi) is 1.83. The number of hydrogen-bond acceptors (Lipinski definition) is 3. The largest absolute Gasteiger partial charge is 0.420 e. The number of rotatable bonds is 0. The average Bonchev–Trinajstić information content (AvgIpc) is 1.82. The number of aromatic nitrogens is 1. The second-order valence-electron chi connectivity index (χ2n) is 2.19. The molecule has 0 bridgehead atoms. The van der Waals surface area contributed by atoms with Gasteiger partial charge in [0.15, 0.2) is 0 Å². The van der Waals surface area contributed by atoms with E-state index in [0.717, 1.165) is 12.4 Å². The molecule has 1 rings (SSSR count). The fourth-order valence-corrected chi connectivity index (χ4v) is 0.821. The number of halogens is 3. The standard InChI is InChI=1S/C6H6F3N3/c7-6(8,9)5-3(10)1-12-2-4(5)11/h1-2H,10-11H2. The van der Waals surface area contributed by atoms with E-state index >= 15 is 0 Å². The maximum Gasteiger partial charge on any atom is 0.420 e. The van der Waals surface area contributed by atoms with E-state index in [0.29, 0.717) is 0 Å². The molecule has 1 heterocycles.